The Morgan fingerprint density at radius 2 is 2.05 bits per heavy atom. The predicted octanol–water partition coefficient (Wildman–Crippen LogP) is 0.282. The predicted molar refractivity (Wildman–Crippen MR) is 70.0 cm³/mol. The number of rotatable bonds is 2. The van der Waals surface area contributed by atoms with Gasteiger partial charge < -0.3 is 5.73 Å². The van der Waals surface area contributed by atoms with Crippen LogP contribution in [0.3, 0.4) is 0 Å². The second-order valence-electron chi connectivity index (χ2n) is 4.58. The highest BCUT2D eigenvalue weighted by Crippen LogP contribution is 2.28. The number of nitrogen functional groups attached to an aromatic ring is 1. The Morgan fingerprint density at radius 3 is 2.68 bits per heavy atom. The van der Waals surface area contributed by atoms with E-state index in [9.17, 15) is 8.42 Å². The Labute approximate surface area is 110 Å². The summed E-state index contributed by atoms with van der Waals surface area (Å²) in [4.78, 5) is 7.85. The van der Waals surface area contributed by atoms with Gasteiger partial charge in [0.1, 0.15) is 12.1 Å². The molecule has 1 aliphatic heterocycles. The van der Waals surface area contributed by atoms with Crippen molar-refractivity contribution in [3.63, 3.8) is 0 Å². The number of aromatic nitrogens is 4. The normalized spacial score (nSPS) is 21.6. The molecule has 2 N–H and O–H groups in total. The summed E-state index contributed by atoms with van der Waals surface area (Å²) in [5.74, 6) is 0.755. The molecule has 0 saturated carbocycles. The van der Waals surface area contributed by atoms with Gasteiger partial charge in [0, 0.05) is 24.0 Å². The molecule has 1 saturated heterocycles. The van der Waals surface area contributed by atoms with Gasteiger partial charge in [-0.15, -0.1) is 0 Å². The fourth-order valence-corrected chi connectivity index (χ4v) is 3.93. The highest BCUT2D eigenvalue weighted by atomic mass is 32.2. The molecule has 0 aliphatic carbocycles. The van der Waals surface area contributed by atoms with Gasteiger partial charge in [0.25, 0.3) is 0 Å². The van der Waals surface area contributed by atoms with Gasteiger partial charge in [0.05, 0.1) is 23.2 Å². The lowest BCUT2D eigenvalue weighted by molar-refractivity contribution is 0.508. The van der Waals surface area contributed by atoms with Gasteiger partial charge in [-0.2, -0.15) is 5.10 Å². The molecule has 0 spiro atoms. The molecular weight excluding hydrogens is 266 g/mol. The highest BCUT2D eigenvalue weighted by molar-refractivity contribution is 7.91. The van der Waals surface area contributed by atoms with Gasteiger partial charge in [-0.25, -0.2) is 23.1 Å². The molecule has 3 rings (SSSR count). The molecule has 1 atom stereocenters. The summed E-state index contributed by atoms with van der Waals surface area (Å²) in [6, 6.07) is 1.53. The van der Waals surface area contributed by atoms with E-state index in [0.717, 1.165) is 5.56 Å². The van der Waals surface area contributed by atoms with Crippen LogP contribution in [0.2, 0.25) is 0 Å². The molecule has 1 aliphatic rings. The third kappa shape index (κ3) is 2.30. The number of nitrogens with zero attached hydrogens (tertiary/aromatic N) is 4. The summed E-state index contributed by atoms with van der Waals surface area (Å²) < 4.78 is 24.6. The van der Waals surface area contributed by atoms with E-state index in [2.05, 4.69) is 15.1 Å². The monoisotopic (exact) mass is 279 g/mol. The van der Waals surface area contributed by atoms with Crippen LogP contribution in [-0.2, 0) is 9.84 Å². The van der Waals surface area contributed by atoms with Crippen LogP contribution >= 0.6 is 0 Å². The number of hydrogen-bond donors (Lipinski definition) is 1. The Morgan fingerprint density at radius 1 is 1.32 bits per heavy atom. The van der Waals surface area contributed by atoms with Crippen LogP contribution < -0.4 is 5.73 Å². The van der Waals surface area contributed by atoms with Crippen molar-refractivity contribution in [2.75, 3.05) is 17.2 Å². The lowest BCUT2D eigenvalue weighted by atomic mass is 10.2. The molecule has 1 fully saturated rings. The molecule has 2 aromatic rings. The second kappa shape index (κ2) is 4.30. The third-order valence-electron chi connectivity index (χ3n) is 3.18. The second-order valence-corrected chi connectivity index (χ2v) is 6.81. The summed E-state index contributed by atoms with van der Waals surface area (Å²) in [7, 11) is -2.96. The van der Waals surface area contributed by atoms with E-state index in [1.807, 2.05) is 0 Å². The quantitative estimate of drug-likeness (QED) is 0.847. The molecule has 0 bridgehead atoms. The third-order valence-corrected chi connectivity index (χ3v) is 4.93. The SMILES string of the molecule is Nc1cc(-c2cncnc2)nn1C1CCS(=O)(=O)C1. The smallest absolute Gasteiger partial charge is 0.152 e. The van der Waals surface area contributed by atoms with Crippen molar-refractivity contribution in [2.24, 2.45) is 0 Å². The molecule has 3 heterocycles. The average molecular weight is 279 g/mol. The van der Waals surface area contributed by atoms with Crippen molar-refractivity contribution in [1.29, 1.82) is 0 Å². The minimum absolute atomic E-state index is 0.101. The van der Waals surface area contributed by atoms with Gasteiger partial charge >= 0.3 is 0 Å². The van der Waals surface area contributed by atoms with Crippen LogP contribution in [0, 0.1) is 0 Å². The maximum absolute atomic E-state index is 11.5. The maximum atomic E-state index is 11.5. The van der Waals surface area contributed by atoms with E-state index in [1.165, 1.54) is 6.33 Å². The summed E-state index contributed by atoms with van der Waals surface area (Å²) in [6.07, 6.45) is 5.28. The highest BCUT2D eigenvalue weighted by Gasteiger charge is 2.31. The van der Waals surface area contributed by atoms with Crippen molar-refractivity contribution in [3.05, 3.63) is 24.8 Å². The lowest BCUT2D eigenvalue weighted by Crippen LogP contribution is -2.14. The molecule has 7 nitrogen and oxygen atoms in total. The summed E-state index contributed by atoms with van der Waals surface area (Å²) in [5.41, 5.74) is 7.33. The molecule has 0 amide bonds. The Kier molecular flexibility index (Phi) is 2.74. The molecule has 19 heavy (non-hydrogen) atoms. The first-order valence-corrected chi connectivity index (χ1v) is 7.68. The van der Waals surface area contributed by atoms with Crippen molar-refractivity contribution >= 4 is 15.7 Å². The zero-order valence-corrected chi connectivity index (χ0v) is 10.9. The van der Waals surface area contributed by atoms with E-state index in [0.29, 0.717) is 17.9 Å². The van der Waals surface area contributed by atoms with Gasteiger partial charge in [0.15, 0.2) is 9.84 Å². The molecule has 1 unspecified atom stereocenters. The van der Waals surface area contributed by atoms with E-state index >= 15 is 0 Å². The van der Waals surface area contributed by atoms with Crippen molar-refractivity contribution in [3.8, 4) is 11.3 Å². The van der Waals surface area contributed by atoms with E-state index in [4.69, 9.17) is 5.73 Å². The minimum atomic E-state index is -2.96. The minimum Gasteiger partial charge on any atom is -0.384 e. The zero-order chi connectivity index (χ0) is 13.5. The molecular formula is C11H13N5O2S. The fourth-order valence-electron chi connectivity index (χ4n) is 2.24. The Hall–Kier alpha value is -1.96. The van der Waals surface area contributed by atoms with E-state index in [-0.39, 0.29) is 17.5 Å². The van der Waals surface area contributed by atoms with Crippen molar-refractivity contribution in [1.82, 2.24) is 19.7 Å². The van der Waals surface area contributed by atoms with Gasteiger partial charge in [-0.1, -0.05) is 0 Å². The Balaban J connectivity index is 1.95. The largest absolute Gasteiger partial charge is 0.384 e. The van der Waals surface area contributed by atoms with Crippen LogP contribution in [0.15, 0.2) is 24.8 Å². The van der Waals surface area contributed by atoms with E-state index in [1.54, 1.807) is 23.1 Å². The number of nitrogens with two attached hydrogens (primary N) is 1. The number of hydrogen-bond acceptors (Lipinski definition) is 6. The number of anilines is 1. The average Bonchev–Trinajstić information content (AvgIpc) is 2.93. The topological polar surface area (TPSA) is 104 Å². The first-order chi connectivity index (χ1) is 9.05. The Bertz CT molecular complexity index is 695. The lowest BCUT2D eigenvalue weighted by Gasteiger charge is -2.09. The first-order valence-electron chi connectivity index (χ1n) is 5.86. The maximum Gasteiger partial charge on any atom is 0.152 e. The summed E-state index contributed by atoms with van der Waals surface area (Å²) >= 11 is 0. The van der Waals surface area contributed by atoms with Gasteiger partial charge in [-0.05, 0) is 6.42 Å². The van der Waals surface area contributed by atoms with Crippen LogP contribution in [0.4, 0.5) is 5.82 Å². The van der Waals surface area contributed by atoms with Crippen molar-refractivity contribution in [2.45, 2.75) is 12.5 Å². The fraction of sp³-hybridized carbons (Fsp3) is 0.364. The summed E-state index contributed by atoms with van der Waals surface area (Å²) in [5, 5.41) is 4.37. The molecule has 0 radical (unpaired) electrons. The van der Waals surface area contributed by atoms with Crippen LogP contribution in [0.5, 0.6) is 0 Å². The molecule has 0 aromatic carbocycles. The summed E-state index contributed by atoms with van der Waals surface area (Å²) in [6.45, 7) is 0. The van der Waals surface area contributed by atoms with Crippen LogP contribution in [0.1, 0.15) is 12.5 Å². The molecule has 8 heteroatoms. The van der Waals surface area contributed by atoms with Gasteiger partial charge in [-0.3, -0.25) is 0 Å². The standard InChI is InChI=1S/C11H13N5O2S/c12-11-3-10(8-4-13-7-14-5-8)15-16(11)9-1-2-19(17,18)6-9/h3-5,7,9H,1-2,6,12H2. The van der Waals surface area contributed by atoms with Crippen LogP contribution in [-0.4, -0.2) is 39.7 Å². The molecule has 100 valence electrons. The zero-order valence-electron chi connectivity index (χ0n) is 10.1. The number of sulfone groups is 1. The molecule has 2 aromatic heterocycles. The van der Waals surface area contributed by atoms with Gasteiger partial charge in [0.2, 0.25) is 0 Å². The van der Waals surface area contributed by atoms with E-state index < -0.39 is 9.84 Å². The first kappa shape index (κ1) is 12.1. The van der Waals surface area contributed by atoms with Crippen molar-refractivity contribution < 1.29 is 8.42 Å². The van der Waals surface area contributed by atoms with Crippen LogP contribution in [0.25, 0.3) is 11.3 Å².